The minimum atomic E-state index is 0.691. The minimum Gasteiger partial charge on any atom is -0.303 e. The molecule has 1 aliphatic rings. The highest BCUT2D eigenvalue weighted by Crippen LogP contribution is 2.25. The molecule has 1 N–H and O–H groups in total. The molecule has 78 valence electrons. The first kappa shape index (κ1) is 10.6. The quantitative estimate of drug-likeness (QED) is 0.812. The Bertz CT molecular complexity index is 351. The van der Waals surface area contributed by atoms with Crippen LogP contribution in [0.25, 0.3) is 0 Å². The van der Waals surface area contributed by atoms with Crippen molar-refractivity contribution < 1.29 is 0 Å². The van der Waals surface area contributed by atoms with Crippen molar-refractivity contribution in [2.24, 2.45) is 0 Å². The van der Waals surface area contributed by atoms with E-state index in [9.17, 15) is 0 Å². The van der Waals surface area contributed by atoms with E-state index in [1.807, 2.05) is 30.4 Å². The van der Waals surface area contributed by atoms with Gasteiger partial charge in [0.2, 0.25) is 0 Å². The second-order valence-electron chi connectivity index (χ2n) is 3.25. The summed E-state index contributed by atoms with van der Waals surface area (Å²) in [6.07, 6.45) is 0. The van der Waals surface area contributed by atoms with Gasteiger partial charge in [0, 0.05) is 29.1 Å². The van der Waals surface area contributed by atoms with Crippen molar-refractivity contribution in [2.45, 2.75) is 18.7 Å². The largest absolute Gasteiger partial charge is 0.303 e. The van der Waals surface area contributed by atoms with E-state index in [2.05, 4.69) is 14.8 Å². The number of aryl methyl sites for hydroxylation is 1. The fraction of sp³-hybridized carbons (Fsp3) is 0.750. The molecule has 0 aliphatic carbocycles. The lowest BCUT2D eigenvalue weighted by Gasteiger charge is -2.21. The number of rotatable bonds is 2. The molecule has 2 heterocycles. The summed E-state index contributed by atoms with van der Waals surface area (Å²) in [6.45, 7) is 2.99. The molecular formula is C8H13N3S3. The van der Waals surface area contributed by atoms with E-state index >= 15 is 0 Å². The molecule has 1 saturated heterocycles. The van der Waals surface area contributed by atoms with Crippen molar-refractivity contribution in [1.29, 1.82) is 0 Å². The van der Waals surface area contributed by atoms with E-state index in [4.69, 9.17) is 12.2 Å². The lowest BCUT2D eigenvalue weighted by Crippen LogP contribution is -2.21. The monoisotopic (exact) mass is 247 g/mol. The molecule has 1 unspecified atom stereocenters. The van der Waals surface area contributed by atoms with E-state index < -0.39 is 0 Å². The molecule has 0 amide bonds. The lowest BCUT2D eigenvalue weighted by atomic mass is 10.4. The minimum absolute atomic E-state index is 0.691. The molecule has 3 nitrogen and oxygen atoms in total. The molecule has 1 atom stereocenters. The third-order valence-electron chi connectivity index (χ3n) is 2.22. The van der Waals surface area contributed by atoms with E-state index in [1.165, 1.54) is 17.3 Å². The molecule has 14 heavy (non-hydrogen) atoms. The highest BCUT2D eigenvalue weighted by molar-refractivity contribution is 8.06. The van der Waals surface area contributed by atoms with Crippen LogP contribution in [-0.4, -0.2) is 37.3 Å². The van der Waals surface area contributed by atoms with Gasteiger partial charge in [-0.25, -0.2) is 0 Å². The molecule has 0 radical (unpaired) electrons. The van der Waals surface area contributed by atoms with Crippen LogP contribution in [0.4, 0.5) is 0 Å². The number of aromatic nitrogens is 3. The zero-order valence-corrected chi connectivity index (χ0v) is 10.5. The Morgan fingerprint density at radius 2 is 2.50 bits per heavy atom. The highest BCUT2D eigenvalue weighted by Gasteiger charge is 2.16. The highest BCUT2D eigenvalue weighted by atomic mass is 32.2. The zero-order chi connectivity index (χ0) is 9.97. The Morgan fingerprint density at radius 1 is 1.64 bits per heavy atom. The molecule has 0 saturated carbocycles. The van der Waals surface area contributed by atoms with Crippen LogP contribution in [0.3, 0.4) is 0 Å². The summed E-state index contributed by atoms with van der Waals surface area (Å²) in [5, 5.41) is 7.63. The third kappa shape index (κ3) is 2.35. The van der Waals surface area contributed by atoms with Gasteiger partial charge in [-0.15, -0.1) is 0 Å². The van der Waals surface area contributed by atoms with Gasteiger partial charge < -0.3 is 4.57 Å². The van der Waals surface area contributed by atoms with Crippen LogP contribution >= 0.6 is 35.7 Å². The molecule has 1 aliphatic heterocycles. The predicted molar refractivity (Wildman–Crippen MR) is 65.7 cm³/mol. The van der Waals surface area contributed by atoms with Gasteiger partial charge >= 0.3 is 0 Å². The van der Waals surface area contributed by atoms with Crippen LogP contribution in [0.15, 0.2) is 0 Å². The maximum atomic E-state index is 5.17. The Hall–Kier alpha value is 0.0600. The predicted octanol–water partition coefficient (Wildman–Crippen LogP) is 2.10. The molecule has 6 heteroatoms. The Morgan fingerprint density at radius 3 is 3.07 bits per heavy atom. The molecule has 0 aromatic carbocycles. The zero-order valence-electron chi connectivity index (χ0n) is 8.02. The van der Waals surface area contributed by atoms with Crippen LogP contribution in [0.1, 0.15) is 5.82 Å². The Kier molecular flexibility index (Phi) is 3.57. The molecule has 0 bridgehead atoms. The van der Waals surface area contributed by atoms with Crippen molar-refractivity contribution in [1.82, 2.24) is 14.8 Å². The lowest BCUT2D eigenvalue weighted by molar-refractivity contribution is 0.664. The summed E-state index contributed by atoms with van der Waals surface area (Å²) < 4.78 is 2.84. The summed E-state index contributed by atoms with van der Waals surface area (Å²) in [4.78, 5) is 0. The first-order chi connectivity index (χ1) is 6.77. The normalized spacial score (nSPS) is 22.5. The number of aromatic amines is 1. The van der Waals surface area contributed by atoms with Gasteiger partial charge in [0.15, 0.2) is 4.77 Å². The number of thioether (sulfide) groups is 2. The van der Waals surface area contributed by atoms with Crippen molar-refractivity contribution in [3.63, 3.8) is 0 Å². The summed E-state index contributed by atoms with van der Waals surface area (Å²) in [6, 6.07) is 0. The molecular weight excluding hydrogens is 234 g/mol. The first-order valence-corrected chi connectivity index (χ1v) is 7.19. The van der Waals surface area contributed by atoms with Gasteiger partial charge in [0.05, 0.1) is 0 Å². The summed E-state index contributed by atoms with van der Waals surface area (Å²) in [5.74, 6) is 4.78. The van der Waals surface area contributed by atoms with Crippen molar-refractivity contribution in [2.75, 3.05) is 17.3 Å². The molecule has 1 fully saturated rings. The van der Waals surface area contributed by atoms with Gasteiger partial charge in [-0.3, -0.25) is 5.10 Å². The number of nitrogens with one attached hydrogen (secondary N) is 1. The second-order valence-corrected chi connectivity index (χ2v) is 6.20. The topological polar surface area (TPSA) is 33.6 Å². The van der Waals surface area contributed by atoms with Crippen LogP contribution < -0.4 is 0 Å². The van der Waals surface area contributed by atoms with E-state index in [0.29, 0.717) is 5.25 Å². The second kappa shape index (κ2) is 4.72. The number of hydrogen-bond acceptors (Lipinski definition) is 4. The molecule has 0 spiro atoms. The van der Waals surface area contributed by atoms with Crippen LogP contribution in [0.2, 0.25) is 0 Å². The summed E-state index contributed by atoms with van der Waals surface area (Å²) in [5.41, 5.74) is 0. The van der Waals surface area contributed by atoms with Gasteiger partial charge in [-0.05, 0) is 19.1 Å². The van der Waals surface area contributed by atoms with Crippen LogP contribution in [0, 0.1) is 11.7 Å². The van der Waals surface area contributed by atoms with Crippen LogP contribution in [-0.2, 0) is 6.54 Å². The molecule has 1 aromatic heterocycles. The smallest absolute Gasteiger partial charge is 0.195 e. The SMILES string of the molecule is Cc1n[nH]c(=S)n1CC1CSCCS1. The van der Waals surface area contributed by atoms with Crippen molar-refractivity contribution in [3.8, 4) is 0 Å². The number of hydrogen-bond donors (Lipinski definition) is 1. The average molecular weight is 247 g/mol. The van der Waals surface area contributed by atoms with Crippen molar-refractivity contribution >= 4 is 35.7 Å². The fourth-order valence-corrected chi connectivity index (χ4v) is 4.36. The standard InChI is InChI=1S/C8H13N3S3/c1-6-9-10-8(12)11(6)4-7-5-13-2-3-14-7/h7H,2-5H2,1H3,(H,10,12). The van der Waals surface area contributed by atoms with E-state index in [-0.39, 0.29) is 0 Å². The maximum absolute atomic E-state index is 5.17. The Balaban J connectivity index is 2.06. The Labute approximate surface area is 97.0 Å². The first-order valence-electron chi connectivity index (χ1n) is 4.58. The molecule has 1 aromatic rings. The summed E-state index contributed by atoms with van der Waals surface area (Å²) >= 11 is 9.26. The van der Waals surface area contributed by atoms with Crippen LogP contribution in [0.5, 0.6) is 0 Å². The van der Waals surface area contributed by atoms with Crippen molar-refractivity contribution in [3.05, 3.63) is 10.6 Å². The summed E-state index contributed by atoms with van der Waals surface area (Å²) in [7, 11) is 0. The van der Waals surface area contributed by atoms with Gasteiger partial charge in [0.1, 0.15) is 5.82 Å². The van der Waals surface area contributed by atoms with Gasteiger partial charge in [-0.1, -0.05) is 0 Å². The average Bonchev–Trinajstić information content (AvgIpc) is 2.51. The van der Waals surface area contributed by atoms with Gasteiger partial charge in [-0.2, -0.15) is 28.6 Å². The maximum Gasteiger partial charge on any atom is 0.195 e. The number of H-pyrrole nitrogens is 1. The third-order valence-corrected chi connectivity index (χ3v) is 5.36. The van der Waals surface area contributed by atoms with E-state index in [1.54, 1.807) is 0 Å². The number of nitrogens with zero attached hydrogens (tertiary/aromatic N) is 2. The molecule has 2 rings (SSSR count). The fourth-order valence-electron chi connectivity index (χ4n) is 1.46. The van der Waals surface area contributed by atoms with Gasteiger partial charge in [0.25, 0.3) is 0 Å². The van der Waals surface area contributed by atoms with E-state index in [0.717, 1.165) is 17.1 Å².